The first kappa shape index (κ1) is 7.07. The van der Waals surface area contributed by atoms with Gasteiger partial charge in [0, 0.05) is 17.9 Å². The van der Waals surface area contributed by atoms with Crippen molar-refractivity contribution < 1.29 is 9.53 Å². The summed E-state index contributed by atoms with van der Waals surface area (Å²) in [7, 11) is 0. The number of rotatable bonds is 1. The molecule has 0 aromatic rings. The molecule has 0 amide bonds. The standard InChI is InChI=1S/C10H14O2/c11-6-8-7-2-5-12-9(7)10(8)3-1-4-10/h6-9H,1-5H2/t7-,8+,9-/m0/s1. The molecule has 1 aliphatic heterocycles. The summed E-state index contributed by atoms with van der Waals surface area (Å²) in [5.41, 5.74) is 0.322. The Balaban J connectivity index is 1.88. The summed E-state index contributed by atoms with van der Waals surface area (Å²) in [6.07, 6.45) is 6.54. The van der Waals surface area contributed by atoms with E-state index in [2.05, 4.69) is 0 Å². The van der Waals surface area contributed by atoms with Gasteiger partial charge in [-0.05, 0) is 25.2 Å². The van der Waals surface area contributed by atoms with Crippen molar-refractivity contribution in [2.75, 3.05) is 6.61 Å². The molecule has 3 rings (SSSR count). The van der Waals surface area contributed by atoms with Crippen LogP contribution >= 0.6 is 0 Å². The molecule has 2 saturated carbocycles. The molecule has 2 aliphatic carbocycles. The molecule has 66 valence electrons. The predicted molar refractivity (Wildman–Crippen MR) is 43.7 cm³/mol. The van der Waals surface area contributed by atoms with Crippen LogP contribution in [0, 0.1) is 17.3 Å². The van der Waals surface area contributed by atoms with Gasteiger partial charge in [-0.25, -0.2) is 0 Å². The zero-order chi connectivity index (χ0) is 8.18. The highest BCUT2D eigenvalue weighted by atomic mass is 16.5. The van der Waals surface area contributed by atoms with Gasteiger partial charge in [0.05, 0.1) is 6.10 Å². The van der Waals surface area contributed by atoms with E-state index in [1.807, 2.05) is 0 Å². The second-order valence-electron chi connectivity index (χ2n) is 4.49. The fourth-order valence-electron chi connectivity index (χ4n) is 3.50. The summed E-state index contributed by atoms with van der Waals surface area (Å²) in [6.45, 7) is 0.890. The van der Waals surface area contributed by atoms with Crippen LogP contribution in [0.15, 0.2) is 0 Å². The zero-order valence-electron chi connectivity index (χ0n) is 7.16. The molecule has 3 atom stereocenters. The molecular weight excluding hydrogens is 152 g/mol. The Kier molecular flexibility index (Phi) is 1.24. The van der Waals surface area contributed by atoms with E-state index in [1.54, 1.807) is 0 Å². The van der Waals surface area contributed by atoms with Gasteiger partial charge in [-0.15, -0.1) is 0 Å². The first-order valence-corrected chi connectivity index (χ1v) is 4.95. The highest BCUT2D eigenvalue weighted by Gasteiger charge is 2.66. The van der Waals surface area contributed by atoms with Gasteiger partial charge in [0.25, 0.3) is 0 Å². The summed E-state index contributed by atoms with van der Waals surface area (Å²) in [6, 6.07) is 0. The topological polar surface area (TPSA) is 26.3 Å². The van der Waals surface area contributed by atoms with Gasteiger partial charge >= 0.3 is 0 Å². The normalized spacial score (nSPS) is 47.8. The third-order valence-electron chi connectivity index (χ3n) is 4.26. The van der Waals surface area contributed by atoms with Crippen LogP contribution in [0.25, 0.3) is 0 Å². The number of hydrogen-bond donors (Lipinski definition) is 0. The lowest BCUT2D eigenvalue weighted by molar-refractivity contribution is -0.195. The number of carbonyl (C=O) groups excluding carboxylic acids is 1. The third-order valence-corrected chi connectivity index (χ3v) is 4.26. The van der Waals surface area contributed by atoms with Crippen molar-refractivity contribution in [2.24, 2.45) is 17.3 Å². The minimum atomic E-state index is 0.322. The van der Waals surface area contributed by atoms with Crippen LogP contribution in [0.5, 0.6) is 0 Å². The second-order valence-corrected chi connectivity index (χ2v) is 4.49. The molecule has 0 bridgehead atoms. The first-order chi connectivity index (χ1) is 5.88. The number of carbonyl (C=O) groups is 1. The van der Waals surface area contributed by atoms with Crippen LogP contribution in [-0.4, -0.2) is 19.0 Å². The van der Waals surface area contributed by atoms with Crippen molar-refractivity contribution in [2.45, 2.75) is 31.8 Å². The number of hydrogen-bond acceptors (Lipinski definition) is 2. The molecular formula is C10H14O2. The maximum atomic E-state index is 10.9. The Morgan fingerprint density at radius 3 is 2.83 bits per heavy atom. The van der Waals surface area contributed by atoms with Crippen molar-refractivity contribution >= 4 is 6.29 Å². The van der Waals surface area contributed by atoms with Gasteiger partial charge in [-0.3, -0.25) is 0 Å². The first-order valence-electron chi connectivity index (χ1n) is 4.95. The molecule has 3 aliphatic rings. The highest BCUT2D eigenvalue weighted by molar-refractivity contribution is 5.59. The lowest BCUT2D eigenvalue weighted by Crippen LogP contribution is -2.63. The van der Waals surface area contributed by atoms with E-state index >= 15 is 0 Å². The van der Waals surface area contributed by atoms with Crippen LogP contribution in [0.4, 0.5) is 0 Å². The zero-order valence-corrected chi connectivity index (χ0v) is 7.16. The highest BCUT2D eigenvalue weighted by Crippen LogP contribution is 2.65. The fourth-order valence-corrected chi connectivity index (χ4v) is 3.50. The monoisotopic (exact) mass is 166 g/mol. The number of aldehydes is 1. The molecule has 2 nitrogen and oxygen atoms in total. The van der Waals surface area contributed by atoms with Crippen LogP contribution in [0.3, 0.4) is 0 Å². The SMILES string of the molecule is O=C[C@@H]1[C@@H]2CCO[C@@H]2C12CCC2. The molecule has 1 spiro atoms. The largest absolute Gasteiger partial charge is 0.377 e. The van der Waals surface area contributed by atoms with E-state index in [9.17, 15) is 4.79 Å². The van der Waals surface area contributed by atoms with Gasteiger partial charge in [-0.2, -0.15) is 0 Å². The molecule has 1 saturated heterocycles. The van der Waals surface area contributed by atoms with E-state index in [0.29, 0.717) is 23.4 Å². The molecule has 0 aromatic heterocycles. The number of ether oxygens (including phenoxy) is 1. The minimum Gasteiger partial charge on any atom is -0.377 e. The van der Waals surface area contributed by atoms with Gasteiger partial charge in [-0.1, -0.05) is 6.42 Å². The van der Waals surface area contributed by atoms with Gasteiger partial charge in [0.15, 0.2) is 0 Å². The van der Waals surface area contributed by atoms with E-state index < -0.39 is 0 Å². The summed E-state index contributed by atoms with van der Waals surface area (Å²) in [5.74, 6) is 0.932. The van der Waals surface area contributed by atoms with E-state index in [1.165, 1.54) is 25.5 Å². The van der Waals surface area contributed by atoms with Crippen molar-refractivity contribution in [3.8, 4) is 0 Å². The maximum absolute atomic E-state index is 10.9. The summed E-state index contributed by atoms with van der Waals surface area (Å²) < 4.78 is 5.68. The number of fused-ring (bicyclic) bond motifs is 2. The van der Waals surface area contributed by atoms with Gasteiger partial charge in [0.1, 0.15) is 6.29 Å². The molecule has 0 aromatic carbocycles. The molecule has 12 heavy (non-hydrogen) atoms. The molecule has 1 heterocycles. The quantitative estimate of drug-likeness (QED) is 0.550. The Bertz CT molecular complexity index is 220. The Morgan fingerprint density at radius 1 is 1.42 bits per heavy atom. The molecule has 0 unspecified atom stereocenters. The molecule has 0 radical (unpaired) electrons. The Morgan fingerprint density at radius 2 is 2.25 bits per heavy atom. The van der Waals surface area contributed by atoms with Crippen LogP contribution < -0.4 is 0 Å². The van der Waals surface area contributed by atoms with E-state index in [0.717, 1.165) is 13.0 Å². The second kappa shape index (κ2) is 2.11. The van der Waals surface area contributed by atoms with Gasteiger partial charge < -0.3 is 9.53 Å². The smallest absolute Gasteiger partial charge is 0.124 e. The van der Waals surface area contributed by atoms with Crippen LogP contribution in [-0.2, 0) is 9.53 Å². The average Bonchev–Trinajstić information content (AvgIpc) is 2.32. The van der Waals surface area contributed by atoms with Crippen LogP contribution in [0.2, 0.25) is 0 Å². The lowest BCUT2D eigenvalue weighted by atomic mass is 9.44. The molecule has 3 fully saturated rings. The van der Waals surface area contributed by atoms with E-state index in [-0.39, 0.29) is 0 Å². The summed E-state index contributed by atoms with van der Waals surface area (Å²) in [4.78, 5) is 10.9. The van der Waals surface area contributed by atoms with E-state index in [4.69, 9.17) is 4.74 Å². The molecule has 0 N–H and O–H groups in total. The summed E-state index contributed by atoms with van der Waals surface area (Å²) in [5, 5.41) is 0. The van der Waals surface area contributed by atoms with Crippen molar-refractivity contribution in [3.63, 3.8) is 0 Å². The third kappa shape index (κ3) is 0.565. The minimum absolute atomic E-state index is 0.322. The average molecular weight is 166 g/mol. The Hall–Kier alpha value is -0.370. The predicted octanol–water partition coefficient (Wildman–Crippen LogP) is 1.39. The van der Waals surface area contributed by atoms with Crippen molar-refractivity contribution in [1.82, 2.24) is 0 Å². The van der Waals surface area contributed by atoms with Crippen molar-refractivity contribution in [3.05, 3.63) is 0 Å². The fraction of sp³-hybridized carbons (Fsp3) is 0.900. The molecule has 2 heteroatoms. The van der Waals surface area contributed by atoms with Gasteiger partial charge in [0.2, 0.25) is 0 Å². The summed E-state index contributed by atoms with van der Waals surface area (Å²) >= 11 is 0. The van der Waals surface area contributed by atoms with Crippen molar-refractivity contribution in [1.29, 1.82) is 0 Å². The maximum Gasteiger partial charge on any atom is 0.124 e. The Labute approximate surface area is 72.3 Å². The van der Waals surface area contributed by atoms with Crippen LogP contribution in [0.1, 0.15) is 25.7 Å². The lowest BCUT2D eigenvalue weighted by Gasteiger charge is -2.61.